The van der Waals surface area contributed by atoms with Gasteiger partial charge in [-0.3, -0.25) is 0 Å². The highest BCUT2D eigenvalue weighted by molar-refractivity contribution is 9.10. The Kier molecular flexibility index (Phi) is 4.10. The molecule has 0 amide bonds. The molecule has 0 fully saturated rings. The largest absolute Gasteiger partial charge is 0.384 e. The molecule has 1 unspecified atom stereocenters. The summed E-state index contributed by atoms with van der Waals surface area (Å²) in [7, 11) is 0. The standard InChI is InChI=1S/C15H14BrClO/c1-9-4-3-5-12(10(9)2)15(18)13-8-11(17)6-7-14(13)16/h3-8,15,18H,1-2H3. The van der Waals surface area contributed by atoms with Crippen LogP contribution in [-0.4, -0.2) is 5.11 Å². The van der Waals surface area contributed by atoms with Gasteiger partial charge >= 0.3 is 0 Å². The number of hydrogen-bond donors (Lipinski definition) is 1. The molecule has 0 radical (unpaired) electrons. The van der Waals surface area contributed by atoms with Crippen LogP contribution in [0, 0.1) is 13.8 Å². The molecule has 0 saturated carbocycles. The smallest absolute Gasteiger partial charge is 0.105 e. The number of aliphatic hydroxyl groups excluding tert-OH is 1. The second-order valence-corrected chi connectivity index (χ2v) is 5.65. The second-order valence-electron chi connectivity index (χ2n) is 4.36. The van der Waals surface area contributed by atoms with E-state index in [0.717, 1.165) is 21.2 Å². The SMILES string of the molecule is Cc1cccc(C(O)c2cc(Cl)ccc2Br)c1C. The number of aliphatic hydroxyl groups is 1. The molecule has 0 aliphatic heterocycles. The summed E-state index contributed by atoms with van der Waals surface area (Å²) in [5, 5.41) is 11.1. The molecule has 0 aliphatic rings. The molecule has 1 nitrogen and oxygen atoms in total. The fraction of sp³-hybridized carbons (Fsp3) is 0.200. The lowest BCUT2D eigenvalue weighted by atomic mass is 9.95. The van der Waals surface area contributed by atoms with E-state index in [1.54, 1.807) is 12.1 Å². The zero-order valence-electron chi connectivity index (χ0n) is 10.2. The van der Waals surface area contributed by atoms with Gasteiger partial charge in [0.2, 0.25) is 0 Å². The highest BCUT2D eigenvalue weighted by atomic mass is 79.9. The minimum Gasteiger partial charge on any atom is -0.384 e. The van der Waals surface area contributed by atoms with Crippen molar-refractivity contribution in [3.8, 4) is 0 Å². The molecule has 1 atom stereocenters. The predicted octanol–water partition coefficient (Wildman–Crippen LogP) is 4.80. The lowest BCUT2D eigenvalue weighted by Gasteiger charge is -2.17. The number of rotatable bonds is 2. The minimum absolute atomic E-state index is 0.623. The first-order valence-corrected chi connectivity index (χ1v) is 6.87. The lowest BCUT2D eigenvalue weighted by Crippen LogP contribution is -2.04. The molecule has 2 aromatic rings. The van der Waals surface area contributed by atoms with Gasteiger partial charge in [0.25, 0.3) is 0 Å². The Hall–Kier alpha value is -0.830. The summed E-state index contributed by atoms with van der Waals surface area (Å²) in [6.07, 6.45) is -0.669. The van der Waals surface area contributed by atoms with Crippen molar-refractivity contribution >= 4 is 27.5 Å². The Labute approximate surface area is 121 Å². The van der Waals surface area contributed by atoms with E-state index in [9.17, 15) is 5.11 Å². The Bertz CT molecular complexity index is 579. The Morgan fingerprint density at radius 2 is 1.83 bits per heavy atom. The summed E-state index contributed by atoms with van der Waals surface area (Å²) in [5.41, 5.74) is 3.98. The third-order valence-electron chi connectivity index (χ3n) is 3.19. The van der Waals surface area contributed by atoms with Crippen LogP contribution in [0.5, 0.6) is 0 Å². The monoisotopic (exact) mass is 324 g/mol. The van der Waals surface area contributed by atoms with E-state index in [0.29, 0.717) is 5.02 Å². The summed E-state index contributed by atoms with van der Waals surface area (Å²) >= 11 is 9.44. The summed E-state index contributed by atoms with van der Waals surface area (Å²) < 4.78 is 0.861. The van der Waals surface area contributed by atoms with Gasteiger partial charge in [0.15, 0.2) is 0 Å². The molecule has 2 aromatic carbocycles. The summed E-state index contributed by atoms with van der Waals surface area (Å²) in [5.74, 6) is 0. The quantitative estimate of drug-likeness (QED) is 0.841. The summed E-state index contributed by atoms with van der Waals surface area (Å²) in [6, 6.07) is 11.4. The molecule has 0 heterocycles. The van der Waals surface area contributed by atoms with Gasteiger partial charge in [0.1, 0.15) is 6.10 Å². The first-order valence-electron chi connectivity index (χ1n) is 5.70. The summed E-state index contributed by atoms with van der Waals surface area (Å²) in [6.45, 7) is 4.06. The van der Waals surface area contributed by atoms with Crippen molar-refractivity contribution < 1.29 is 5.11 Å². The molecule has 3 heteroatoms. The van der Waals surface area contributed by atoms with E-state index in [-0.39, 0.29) is 0 Å². The molecule has 0 aromatic heterocycles. The molecule has 0 spiro atoms. The molecule has 94 valence electrons. The van der Waals surface area contributed by atoms with Crippen molar-refractivity contribution in [2.45, 2.75) is 20.0 Å². The van der Waals surface area contributed by atoms with Crippen LogP contribution < -0.4 is 0 Å². The van der Waals surface area contributed by atoms with Crippen LogP contribution in [-0.2, 0) is 0 Å². The second kappa shape index (κ2) is 5.43. The maximum absolute atomic E-state index is 10.5. The minimum atomic E-state index is -0.669. The topological polar surface area (TPSA) is 20.2 Å². The van der Waals surface area contributed by atoms with Crippen LogP contribution in [0.4, 0.5) is 0 Å². The molecule has 1 N–H and O–H groups in total. The van der Waals surface area contributed by atoms with Crippen molar-refractivity contribution in [1.82, 2.24) is 0 Å². The van der Waals surface area contributed by atoms with Gasteiger partial charge in [0, 0.05) is 15.1 Å². The average molecular weight is 326 g/mol. The fourth-order valence-corrected chi connectivity index (χ4v) is 2.61. The number of halogens is 2. The number of hydrogen-bond acceptors (Lipinski definition) is 1. The van der Waals surface area contributed by atoms with E-state index in [1.165, 1.54) is 5.56 Å². The molecule has 0 saturated heterocycles. The normalized spacial score (nSPS) is 12.5. The maximum Gasteiger partial charge on any atom is 0.105 e. The van der Waals surface area contributed by atoms with Crippen molar-refractivity contribution in [3.63, 3.8) is 0 Å². The number of benzene rings is 2. The molecular weight excluding hydrogens is 312 g/mol. The molecule has 2 rings (SSSR count). The zero-order valence-corrected chi connectivity index (χ0v) is 12.6. The molecule has 18 heavy (non-hydrogen) atoms. The van der Waals surface area contributed by atoms with Crippen LogP contribution >= 0.6 is 27.5 Å². The first-order chi connectivity index (χ1) is 8.50. The van der Waals surface area contributed by atoms with Gasteiger partial charge in [-0.1, -0.05) is 45.7 Å². The zero-order chi connectivity index (χ0) is 13.3. The van der Waals surface area contributed by atoms with E-state index in [4.69, 9.17) is 11.6 Å². The van der Waals surface area contributed by atoms with E-state index < -0.39 is 6.10 Å². The van der Waals surface area contributed by atoms with E-state index in [2.05, 4.69) is 15.9 Å². The van der Waals surface area contributed by atoms with Crippen molar-refractivity contribution in [2.75, 3.05) is 0 Å². The van der Waals surface area contributed by atoms with Gasteiger partial charge in [-0.15, -0.1) is 0 Å². The van der Waals surface area contributed by atoms with Crippen LogP contribution in [0.25, 0.3) is 0 Å². The van der Waals surface area contributed by atoms with Crippen molar-refractivity contribution in [3.05, 3.63) is 68.1 Å². The van der Waals surface area contributed by atoms with E-state index in [1.807, 2.05) is 38.1 Å². The van der Waals surface area contributed by atoms with Crippen LogP contribution in [0.1, 0.15) is 28.4 Å². The fourth-order valence-electron chi connectivity index (χ4n) is 1.96. The van der Waals surface area contributed by atoms with Gasteiger partial charge in [-0.2, -0.15) is 0 Å². The Morgan fingerprint density at radius 3 is 2.56 bits per heavy atom. The van der Waals surface area contributed by atoms with Gasteiger partial charge < -0.3 is 5.11 Å². The molecule has 0 aliphatic carbocycles. The third kappa shape index (κ3) is 2.61. The maximum atomic E-state index is 10.5. The summed E-state index contributed by atoms with van der Waals surface area (Å²) in [4.78, 5) is 0. The Balaban J connectivity index is 2.51. The van der Waals surface area contributed by atoms with Crippen LogP contribution in [0.3, 0.4) is 0 Å². The van der Waals surface area contributed by atoms with Crippen LogP contribution in [0.2, 0.25) is 5.02 Å². The third-order valence-corrected chi connectivity index (χ3v) is 4.15. The Morgan fingerprint density at radius 1 is 1.11 bits per heavy atom. The lowest BCUT2D eigenvalue weighted by molar-refractivity contribution is 0.218. The van der Waals surface area contributed by atoms with Gasteiger partial charge in [-0.25, -0.2) is 0 Å². The van der Waals surface area contributed by atoms with Gasteiger partial charge in [-0.05, 0) is 48.7 Å². The van der Waals surface area contributed by atoms with Crippen molar-refractivity contribution in [2.24, 2.45) is 0 Å². The highest BCUT2D eigenvalue weighted by Gasteiger charge is 2.16. The predicted molar refractivity (Wildman–Crippen MR) is 79.1 cm³/mol. The van der Waals surface area contributed by atoms with Gasteiger partial charge in [0.05, 0.1) is 0 Å². The van der Waals surface area contributed by atoms with Crippen LogP contribution in [0.15, 0.2) is 40.9 Å². The van der Waals surface area contributed by atoms with Crippen molar-refractivity contribution in [1.29, 1.82) is 0 Å². The first kappa shape index (κ1) is 13.6. The number of aryl methyl sites for hydroxylation is 1. The van der Waals surface area contributed by atoms with E-state index >= 15 is 0 Å². The molecule has 0 bridgehead atoms. The molecular formula is C15H14BrClO. The average Bonchev–Trinajstić information content (AvgIpc) is 2.35. The highest BCUT2D eigenvalue weighted by Crippen LogP contribution is 2.32.